The van der Waals surface area contributed by atoms with Crippen LogP contribution in [0.25, 0.3) is 0 Å². The van der Waals surface area contributed by atoms with E-state index in [9.17, 15) is 0 Å². The second kappa shape index (κ2) is 10.00. The van der Waals surface area contributed by atoms with Gasteiger partial charge in [-0.1, -0.05) is 31.5 Å². The summed E-state index contributed by atoms with van der Waals surface area (Å²) in [5, 5.41) is 3.38. The first-order valence-corrected chi connectivity index (χ1v) is 7.50. The van der Waals surface area contributed by atoms with Crippen LogP contribution in [0, 0.1) is 0 Å². The van der Waals surface area contributed by atoms with E-state index >= 15 is 0 Å². The SMILES string of the molecule is CCCCOCCNC(=NC)N1CCc2ccccc21.I. The number of benzene rings is 1. The van der Waals surface area contributed by atoms with Gasteiger partial charge in [0.05, 0.1) is 6.61 Å². The summed E-state index contributed by atoms with van der Waals surface area (Å²) in [7, 11) is 1.83. The average Bonchev–Trinajstić information content (AvgIpc) is 2.91. The normalized spacial score (nSPS) is 13.8. The third-order valence-corrected chi connectivity index (χ3v) is 3.53. The summed E-state index contributed by atoms with van der Waals surface area (Å²) in [6.07, 6.45) is 3.40. The van der Waals surface area contributed by atoms with E-state index in [1.54, 1.807) is 0 Å². The largest absolute Gasteiger partial charge is 0.380 e. The highest BCUT2D eigenvalue weighted by molar-refractivity contribution is 14.0. The maximum Gasteiger partial charge on any atom is 0.198 e. The average molecular weight is 403 g/mol. The number of anilines is 1. The van der Waals surface area contributed by atoms with Crippen molar-refractivity contribution in [1.29, 1.82) is 0 Å². The lowest BCUT2D eigenvalue weighted by Crippen LogP contribution is -2.41. The van der Waals surface area contributed by atoms with Crippen molar-refractivity contribution < 1.29 is 4.74 Å². The topological polar surface area (TPSA) is 36.9 Å². The smallest absolute Gasteiger partial charge is 0.198 e. The van der Waals surface area contributed by atoms with Crippen molar-refractivity contribution >= 4 is 35.6 Å². The molecule has 1 aliphatic rings. The molecule has 5 heteroatoms. The maximum absolute atomic E-state index is 5.57. The van der Waals surface area contributed by atoms with Crippen molar-refractivity contribution in [2.75, 3.05) is 38.3 Å². The molecular weight excluding hydrogens is 377 g/mol. The molecule has 1 N–H and O–H groups in total. The van der Waals surface area contributed by atoms with Gasteiger partial charge in [0.1, 0.15) is 0 Å². The fourth-order valence-electron chi connectivity index (χ4n) is 2.44. The lowest BCUT2D eigenvalue weighted by molar-refractivity contribution is 0.136. The Bertz CT molecular complexity index is 451. The molecule has 1 aromatic carbocycles. The molecule has 0 fully saturated rings. The van der Waals surface area contributed by atoms with Crippen LogP contribution in [0.3, 0.4) is 0 Å². The molecule has 4 nitrogen and oxygen atoms in total. The Morgan fingerprint density at radius 3 is 2.90 bits per heavy atom. The molecule has 0 unspecified atom stereocenters. The summed E-state index contributed by atoms with van der Waals surface area (Å²) in [5.41, 5.74) is 2.67. The lowest BCUT2D eigenvalue weighted by atomic mass is 10.2. The summed E-state index contributed by atoms with van der Waals surface area (Å²) >= 11 is 0. The van der Waals surface area contributed by atoms with Crippen molar-refractivity contribution in [2.45, 2.75) is 26.2 Å². The number of ether oxygens (including phenoxy) is 1. The molecule has 0 spiro atoms. The predicted octanol–water partition coefficient (Wildman–Crippen LogP) is 3.06. The van der Waals surface area contributed by atoms with Gasteiger partial charge in [-0.3, -0.25) is 4.99 Å². The highest BCUT2D eigenvalue weighted by Gasteiger charge is 2.21. The molecule has 0 bridgehead atoms. The summed E-state index contributed by atoms with van der Waals surface area (Å²) in [5.74, 6) is 0.939. The van der Waals surface area contributed by atoms with E-state index in [1.807, 2.05) is 7.05 Å². The van der Waals surface area contributed by atoms with Gasteiger partial charge in [0.25, 0.3) is 0 Å². The predicted molar refractivity (Wildman–Crippen MR) is 100.0 cm³/mol. The number of nitrogens with one attached hydrogen (secondary N) is 1. The van der Waals surface area contributed by atoms with Gasteiger partial charge < -0.3 is 15.0 Å². The van der Waals surface area contributed by atoms with E-state index in [0.717, 1.165) is 45.1 Å². The molecule has 0 amide bonds. The van der Waals surface area contributed by atoms with Crippen molar-refractivity contribution in [2.24, 2.45) is 4.99 Å². The van der Waals surface area contributed by atoms with E-state index in [-0.39, 0.29) is 24.0 Å². The number of nitrogens with zero attached hydrogens (tertiary/aromatic N) is 2. The molecule has 1 aliphatic heterocycles. The van der Waals surface area contributed by atoms with Crippen LogP contribution in [0.4, 0.5) is 5.69 Å². The van der Waals surface area contributed by atoms with E-state index in [0.29, 0.717) is 0 Å². The maximum atomic E-state index is 5.57. The van der Waals surface area contributed by atoms with Crippen LogP contribution < -0.4 is 10.2 Å². The Labute approximate surface area is 145 Å². The van der Waals surface area contributed by atoms with Gasteiger partial charge >= 0.3 is 0 Å². The van der Waals surface area contributed by atoms with E-state index in [2.05, 4.69) is 46.4 Å². The van der Waals surface area contributed by atoms with Gasteiger partial charge in [-0.2, -0.15) is 0 Å². The fraction of sp³-hybridized carbons (Fsp3) is 0.562. The molecule has 0 aromatic heterocycles. The molecular formula is C16H26IN3O. The molecule has 1 aromatic rings. The molecule has 0 saturated heterocycles. The molecule has 21 heavy (non-hydrogen) atoms. The van der Waals surface area contributed by atoms with Crippen LogP contribution in [0.1, 0.15) is 25.3 Å². The van der Waals surface area contributed by atoms with Crippen LogP contribution in [0.2, 0.25) is 0 Å². The van der Waals surface area contributed by atoms with Crippen LogP contribution in [-0.2, 0) is 11.2 Å². The van der Waals surface area contributed by atoms with Crippen LogP contribution >= 0.6 is 24.0 Å². The van der Waals surface area contributed by atoms with Gasteiger partial charge in [0.15, 0.2) is 5.96 Å². The molecule has 118 valence electrons. The summed E-state index contributed by atoms with van der Waals surface area (Å²) < 4.78 is 5.57. The third kappa shape index (κ3) is 5.14. The Morgan fingerprint density at radius 1 is 1.33 bits per heavy atom. The number of fused-ring (bicyclic) bond motifs is 1. The van der Waals surface area contributed by atoms with Gasteiger partial charge in [0.2, 0.25) is 0 Å². The zero-order valence-electron chi connectivity index (χ0n) is 13.0. The molecule has 1 heterocycles. The van der Waals surface area contributed by atoms with E-state index < -0.39 is 0 Å². The van der Waals surface area contributed by atoms with Crippen LogP contribution in [0.15, 0.2) is 29.3 Å². The van der Waals surface area contributed by atoms with E-state index in [1.165, 1.54) is 17.7 Å². The highest BCUT2D eigenvalue weighted by atomic mass is 127. The number of guanidine groups is 1. The monoisotopic (exact) mass is 403 g/mol. The van der Waals surface area contributed by atoms with Crippen molar-refractivity contribution in [3.63, 3.8) is 0 Å². The standard InChI is InChI=1S/C16H25N3O.HI/c1-3-4-12-20-13-10-18-16(17-2)19-11-9-14-7-5-6-8-15(14)19;/h5-8H,3-4,9-13H2,1-2H3,(H,17,18);1H. The number of hydrogen-bond acceptors (Lipinski definition) is 2. The lowest BCUT2D eigenvalue weighted by Gasteiger charge is -2.22. The first kappa shape index (κ1) is 18.2. The Hall–Kier alpha value is -0.820. The van der Waals surface area contributed by atoms with E-state index in [4.69, 9.17) is 4.74 Å². The minimum atomic E-state index is 0. The number of rotatable bonds is 6. The zero-order chi connectivity index (χ0) is 14.2. The minimum Gasteiger partial charge on any atom is -0.380 e. The highest BCUT2D eigenvalue weighted by Crippen LogP contribution is 2.27. The quantitative estimate of drug-likeness (QED) is 0.343. The fourth-order valence-corrected chi connectivity index (χ4v) is 2.44. The second-order valence-electron chi connectivity index (χ2n) is 4.97. The molecule has 0 saturated carbocycles. The minimum absolute atomic E-state index is 0. The number of hydrogen-bond donors (Lipinski definition) is 1. The Kier molecular flexibility index (Phi) is 8.68. The molecule has 0 aliphatic carbocycles. The van der Waals surface area contributed by atoms with Crippen molar-refractivity contribution in [3.05, 3.63) is 29.8 Å². The zero-order valence-corrected chi connectivity index (χ0v) is 15.3. The van der Waals surface area contributed by atoms with Crippen LogP contribution in [-0.4, -0.2) is 39.3 Å². The van der Waals surface area contributed by atoms with Crippen molar-refractivity contribution in [3.8, 4) is 0 Å². The molecule has 0 radical (unpaired) electrons. The second-order valence-corrected chi connectivity index (χ2v) is 4.97. The number of aliphatic imine (C=N–C) groups is 1. The van der Waals surface area contributed by atoms with Gasteiger partial charge in [-0.05, 0) is 24.5 Å². The summed E-state index contributed by atoms with van der Waals surface area (Å²) in [6, 6.07) is 8.53. The first-order valence-electron chi connectivity index (χ1n) is 7.50. The Balaban J connectivity index is 0.00000220. The van der Waals surface area contributed by atoms with Gasteiger partial charge in [-0.15, -0.1) is 24.0 Å². The van der Waals surface area contributed by atoms with Gasteiger partial charge in [-0.25, -0.2) is 0 Å². The number of para-hydroxylation sites is 1. The summed E-state index contributed by atoms with van der Waals surface area (Å²) in [6.45, 7) is 5.55. The number of halogens is 1. The summed E-state index contributed by atoms with van der Waals surface area (Å²) in [4.78, 5) is 6.63. The van der Waals surface area contributed by atoms with Gasteiger partial charge in [0, 0.05) is 32.4 Å². The van der Waals surface area contributed by atoms with Crippen LogP contribution in [0.5, 0.6) is 0 Å². The number of unbranched alkanes of at least 4 members (excludes halogenated alkanes) is 1. The molecule has 2 rings (SSSR count). The van der Waals surface area contributed by atoms with Crippen molar-refractivity contribution in [1.82, 2.24) is 5.32 Å². The Morgan fingerprint density at radius 2 is 2.14 bits per heavy atom. The third-order valence-electron chi connectivity index (χ3n) is 3.53. The molecule has 0 atom stereocenters. The first-order chi connectivity index (χ1) is 9.86.